The number of hydrogen-bond acceptors (Lipinski definition) is 5. The van der Waals surface area contributed by atoms with E-state index in [2.05, 4.69) is 6.58 Å². The second kappa shape index (κ2) is 7.30. The average molecular weight is 272 g/mol. The Morgan fingerprint density at radius 1 is 1.32 bits per heavy atom. The third-order valence-electron chi connectivity index (χ3n) is 2.58. The zero-order valence-electron chi connectivity index (χ0n) is 10.5. The highest BCUT2D eigenvalue weighted by Crippen LogP contribution is 2.30. The zero-order valence-corrected chi connectivity index (χ0v) is 10.5. The Kier molecular flexibility index (Phi) is 6.46. The maximum Gasteiger partial charge on any atom is 0.333 e. The van der Waals surface area contributed by atoms with Crippen molar-refractivity contribution in [2.24, 2.45) is 5.41 Å². The van der Waals surface area contributed by atoms with E-state index < -0.39 is 36.2 Å². The normalized spacial score (nSPS) is 13.1. The Morgan fingerprint density at radius 3 is 2.26 bits per heavy atom. The number of rotatable bonds is 9. The molecule has 0 aliphatic carbocycles. The van der Waals surface area contributed by atoms with E-state index in [1.807, 2.05) is 0 Å². The van der Waals surface area contributed by atoms with Crippen molar-refractivity contribution in [3.05, 3.63) is 12.2 Å². The number of hydrogen-bond donors (Lipinski definition) is 2. The Labute approximate surface area is 109 Å². The van der Waals surface area contributed by atoms with Crippen LogP contribution >= 0.6 is 0 Å². The van der Waals surface area contributed by atoms with Crippen LogP contribution in [-0.2, 0) is 23.9 Å². The van der Waals surface area contributed by atoms with Crippen LogP contribution in [0.4, 0.5) is 0 Å². The van der Waals surface area contributed by atoms with Gasteiger partial charge in [-0.25, -0.2) is 4.79 Å². The van der Waals surface area contributed by atoms with E-state index in [1.54, 1.807) is 0 Å². The lowest BCUT2D eigenvalue weighted by Crippen LogP contribution is -2.35. The fourth-order valence-electron chi connectivity index (χ4n) is 1.44. The van der Waals surface area contributed by atoms with Crippen LogP contribution in [0.3, 0.4) is 0 Å². The van der Waals surface area contributed by atoms with Crippen molar-refractivity contribution in [1.82, 2.24) is 0 Å². The summed E-state index contributed by atoms with van der Waals surface area (Å²) in [5.74, 6) is -3.44. The number of carbonyl (C=O) groups excluding carboxylic acids is 2. The van der Waals surface area contributed by atoms with Gasteiger partial charge in [-0.05, 0) is 13.3 Å². The molecule has 19 heavy (non-hydrogen) atoms. The van der Waals surface area contributed by atoms with E-state index in [-0.39, 0.29) is 18.6 Å². The monoisotopic (exact) mass is 272 g/mol. The topological polar surface area (TPSA) is 118 Å². The number of carboxylic acids is 2. The molecule has 0 rings (SSSR count). The number of aliphatic carboxylic acids is 2. The highest BCUT2D eigenvalue weighted by Gasteiger charge is 2.40. The molecule has 0 fully saturated rings. The molecule has 0 saturated carbocycles. The number of carbonyl (C=O) groups is 4. The van der Waals surface area contributed by atoms with Gasteiger partial charge in [0.2, 0.25) is 0 Å². The lowest BCUT2D eigenvalue weighted by molar-refractivity contribution is -0.159. The predicted molar refractivity (Wildman–Crippen MR) is 63.4 cm³/mol. The second-order valence-corrected chi connectivity index (χ2v) is 4.19. The molecule has 0 heterocycles. The molecule has 0 radical (unpaired) electrons. The maximum absolute atomic E-state index is 11.2. The van der Waals surface area contributed by atoms with Crippen LogP contribution in [0.1, 0.15) is 26.2 Å². The summed E-state index contributed by atoms with van der Waals surface area (Å²) in [6.45, 7) is 4.48. The van der Waals surface area contributed by atoms with Crippen molar-refractivity contribution in [1.29, 1.82) is 0 Å². The summed E-state index contributed by atoms with van der Waals surface area (Å²) < 4.78 is 4.73. The second-order valence-electron chi connectivity index (χ2n) is 4.19. The number of carboxylic acid groups (broad SMARTS) is 2. The lowest BCUT2D eigenvalue weighted by Gasteiger charge is -2.25. The van der Waals surface area contributed by atoms with Crippen molar-refractivity contribution in [2.75, 3.05) is 6.61 Å². The zero-order chi connectivity index (χ0) is 15.1. The Balaban J connectivity index is 4.79. The van der Waals surface area contributed by atoms with Gasteiger partial charge in [-0.15, -0.1) is 0 Å². The molecule has 2 N–H and O–H groups in total. The van der Waals surface area contributed by atoms with Crippen LogP contribution in [0, 0.1) is 5.41 Å². The molecular formula is C12H16O7. The van der Waals surface area contributed by atoms with Gasteiger partial charge in [0.25, 0.3) is 0 Å². The van der Waals surface area contributed by atoms with Crippen molar-refractivity contribution in [3.63, 3.8) is 0 Å². The molecular weight excluding hydrogens is 256 g/mol. The van der Waals surface area contributed by atoms with E-state index in [0.717, 1.165) is 0 Å². The van der Waals surface area contributed by atoms with E-state index in [9.17, 15) is 19.2 Å². The van der Waals surface area contributed by atoms with Crippen molar-refractivity contribution in [2.45, 2.75) is 26.2 Å². The third kappa shape index (κ3) is 5.33. The molecule has 1 atom stereocenters. The summed E-state index contributed by atoms with van der Waals surface area (Å²) in [6, 6.07) is 0. The first-order chi connectivity index (χ1) is 8.75. The maximum atomic E-state index is 11.2. The van der Waals surface area contributed by atoms with E-state index in [4.69, 9.17) is 14.9 Å². The summed E-state index contributed by atoms with van der Waals surface area (Å²) in [6.07, 6.45) is -1.09. The molecule has 0 aromatic carbocycles. The summed E-state index contributed by atoms with van der Waals surface area (Å²) in [7, 11) is 0. The van der Waals surface area contributed by atoms with Gasteiger partial charge in [-0.2, -0.15) is 0 Å². The average Bonchev–Trinajstić information content (AvgIpc) is 2.27. The quantitative estimate of drug-likeness (QED) is 0.359. The molecule has 7 nitrogen and oxygen atoms in total. The largest absolute Gasteiger partial charge is 0.481 e. The van der Waals surface area contributed by atoms with E-state index in [0.29, 0.717) is 6.29 Å². The van der Waals surface area contributed by atoms with Crippen LogP contribution < -0.4 is 0 Å². The molecule has 7 heteroatoms. The predicted octanol–water partition coefficient (Wildman–Crippen LogP) is 0.630. The SMILES string of the molecule is C=C(C)C(=O)OCCC(CC=O)(CC(=O)O)C(=O)O. The minimum atomic E-state index is -1.76. The molecule has 0 aliphatic rings. The van der Waals surface area contributed by atoms with Gasteiger partial charge in [-0.1, -0.05) is 6.58 Å². The molecule has 0 bridgehead atoms. The molecule has 0 aromatic heterocycles. The molecule has 1 unspecified atom stereocenters. The fraction of sp³-hybridized carbons (Fsp3) is 0.500. The summed E-state index contributed by atoms with van der Waals surface area (Å²) >= 11 is 0. The molecule has 106 valence electrons. The van der Waals surface area contributed by atoms with Gasteiger partial charge in [0.1, 0.15) is 6.29 Å². The van der Waals surface area contributed by atoms with Crippen molar-refractivity contribution < 1.29 is 34.1 Å². The van der Waals surface area contributed by atoms with Crippen LogP contribution in [0.2, 0.25) is 0 Å². The third-order valence-corrected chi connectivity index (χ3v) is 2.58. The Bertz CT molecular complexity index is 399. The minimum absolute atomic E-state index is 0.148. The van der Waals surface area contributed by atoms with Crippen LogP contribution in [-0.4, -0.2) is 41.0 Å². The van der Waals surface area contributed by atoms with Crippen molar-refractivity contribution >= 4 is 24.2 Å². The number of aldehydes is 1. The molecule has 0 aromatic rings. The molecule has 0 aliphatic heterocycles. The fourth-order valence-corrected chi connectivity index (χ4v) is 1.44. The summed E-state index contributed by atoms with van der Waals surface area (Å²) in [5, 5.41) is 17.8. The molecule has 0 spiro atoms. The van der Waals surface area contributed by atoms with Gasteiger partial charge in [0.05, 0.1) is 18.4 Å². The smallest absolute Gasteiger partial charge is 0.333 e. The van der Waals surface area contributed by atoms with E-state index in [1.165, 1.54) is 6.92 Å². The van der Waals surface area contributed by atoms with Gasteiger partial charge >= 0.3 is 17.9 Å². The Morgan fingerprint density at radius 2 is 1.89 bits per heavy atom. The van der Waals surface area contributed by atoms with Crippen molar-refractivity contribution in [3.8, 4) is 0 Å². The van der Waals surface area contributed by atoms with Crippen LogP contribution in [0.25, 0.3) is 0 Å². The molecule has 0 amide bonds. The Hall–Kier alpha value is -2.18. The van der Waals surface area contributed by atoms with Gasteiger partial charge < -0.3 is 19.7 Å². The number of esters is 1. The molecule has 0 saturated heterocycles. The first kappa shape index (κ1) is 16.8. The highest BCUT2D eigenvalue weighted by atomic mass is 16.5. The van der Waals surface area contributed by atoms with E-state index >= 15 is 0 Å². The summed E-state index contributed by atoms with van der Waals surface area (Å²) in [5.41, 5.74) is -1.61. The lowest BCUT2D eigenvalue weighted by atomic mass is 9.79. The first-order valence-corrected chi connectivity index (χ1v) is 5.46. The first-order valence-electron chi connectivity index (χ1n) is 5.46. The standard InChI is InChI=1S/C12H16O7/c1-8(2)10(16)19-6-4-12(3-5-13,11(17)18)7-9(14)15/h5H,1,3-4,6-7H2,2H3,(H,14,15)(H,17,18). The minimum Gasteiger partial charge on any atom is -0.481 e. The van der Waals surface area contributed by atoms with Gasteiger partial charge in [0, 0.05) is 12.0 Å². The summed E-state index contributed by atoms with van der Waals surface area (Å²) in [4.78, 5) is 43.5. The highest BCUT2D eigenvalue weighted by molar-refractivity contribution is 5.87. The van der Waals surface area contributed by atoms with Crippen LogP contribution in [0.15, 0.2) is 12.2 Å². The van der Waals surface area contributed by atoms with Gasteiger partial charge in [-0.3, -0.25) is 9.59 Å². The number of ether oxygens (including phenoxy) is 1. The van der Waals surface area contributed by atoms with Gasteiger partial charge in [0.15, 0.2) is 0 Å². The van der Waals surface area contributed by atoms with Crippen LogP contribution in [0.5, 0.6) is 0 Å².